The van der Waals surface area contributed by atoms with E-state index in [9.17, 15) is 13.2 Å². The standard InChI is InChI=1S/C14H20N2O3S2/c1-10-3-4-12(11(15)7-10)20-8-13(17)16-14(2)5-6-21(18,19)9-14/h3-4,7H,5-6,8-9,15H2,1-2H3,(H,16,17). The van der Waals surface area contributed by atoms with Crippen molar-refractivity contribution in [1.82, 2.24) is 5.32 Å². The van der Waals surface area contributed by atoms with Crippen LogP contribution < -0.4 is 11.1 Å². The summed E-state index contributed by atoms with van der Waals surface area (Å²) in [6.07, 6.45) is 0.471. The summed E-state index contributed by atoms with van der Waals surface area (Å²) < 4.78 is 23.0. The molecule has 1 saturated heterocycles. The lowest BCUT2D eigenvalue weighted by Crippen LogP contribution is -2.47. The number of thioether (sulfide) groups is 1. The maximum Gasteiger partial charge on any atom is 0.230 e. The lowest BCUT2D eigenvalue weighted by Gasteiger charge is -2.23. The number of nitrogens with two attached hydrogens (primary N) is 1. The number of benzene rings is 1. The molecule has 1 heterocycles. The quantitative estimate of drug-likeness (QED) is 0.643. The Kier molecular flexibility index (Phi) is 4.53. The molecule has 1 aromatic rings. The van der Waals surface area contributed by atoms with Crippen molar-refractivity contribution < 1.29 is 13.2 Å². The predicted molar refractivity (Wildman–Crippen MR) is 86.1 cm³/mol. The molecule has 0 aromatic heterocycles. The zero-order valence-corrected chi connectivity index (χ0v) is 13.8. The fraction of sp³-hybridized carbons (Fsp3) is 0.500. The molecule has 0 spiro atoms. The first-order chi connectivity index (χ1) is 9.69. The van der Waals surface area contributed by atoms with Gasteiger partial charge < -0.3 is 11.1 Å². The summed E-state index contributed by atoms with van der Waals surface area (Å²) in [5.41, 5.74) is 6.99. The second-order valence-electron chi connectivity index (χ2n) is 5.78. The van der Waals surface area contributed by atoms with Crippen LogP contribution in [0.5, 0.6) is 0 Å². The number of hydrogen-bond acceptors (Lipinski definition) is 5. The molecule has 1 aliphatic heterocycles. The Bertz CT molecular complexity index is 658. The van der Waals surface area contributed by atoms with Crippen molar-refractivity contribution in [2.45, 2.75) is 30.7 Å². The molecule has 0 aliphatic carbocycles. The number of rotatable bonds is 4. The van der Waals surface area contributed by atoms with Gasteiger partial charge in [0.05, 0.1) is 22.8 Å². The van der Waals surface area contributed by atoms with Gasteiger partial charge in [0.25, 0.3) is 0 Å². The van der Waals surface area contributed by atoms with E-state index >= 15 is 0 Å². The summed E-state index contributed by atoms with van der Waals surface area (Å²) in [6, 6.07) is 5.71. The van der Waals surface area contributed by atoms with E-state index in [1.165, 1.54) is 11.8 Å². The van der Waals surface area contributed by atoms with E-state index in [-0.39, 0.29) is 23.2 Å². The molecular formula is C14H20N2O3S2. The molecule has 1 aliphatic rings. The van der Waals surface area contributed by atoms with Gasteiger partial charge in [0.1, 0.15) is 0 Å². The van der Waals surface area contributed by atoms with Gasteiger partial charge in [0.2, 0.25) is 5.91 Å². The third kappa shape index (κ3) is 4.38. The summed E-state index contributed by atoms with van der Waals surface area (Å²) in [5, 5.41) is 2.83. The van der Waals surface area contributed by atoms with Crippen LogP contribution in [-0.2, 0) is 14.6 Å². The molecule has 1 fully saturated rings. The number of carbonyl (C=O) groups excluding carboxylic acids is 1. The Labute approximate surface area is 129 Å². The smallest absolute Gasteiger partial charge is 0.230 e. The molecule has 21 heavy (non-hydrogen) atoms. The maximum absolute atomic E-state index is 12.0. The lowest BCUT2D eigenvalue weighted by atomic mass is 10.0. The summed E-state index contributed by atoms with van der Waals surface area (Å²) in [5.74, 6) is 0.216. The van der Waals surface area contributed by atoms with Gasteiger partial charge in [-0.3, -0.25) is 4.79 Å². The first-order valence-electron chi connectivity index (χ1n) is 6.69. The van der Waals surface area contributed by atoms with Gasteiger partial charge in [-0.1, -0.05) is 6.07 Å². The van der Waals surface area contributed by atoms with E-state index in [0.29, 0.717) is 12.1 Å². The summed E-state index contributed by atoms with van der Waals surface area (Å²) in [4.78, 5) is 12.9. The van der Waals surface area contributed by atoms with E-state index in [4.69, 9.17) is 5.73 Å². The molecule has 7 heteroatoms. The number of carbonyl (C=O) groups is 1. The minimum Gasteiger partial charge on any atom is -0.398 e. The van der Waals surface area contributed by atoms with Crippen LogP contribution in [0.3, 0.4) is 0 Å². The third-order valence-electron chi connectivity index (χ3n) is 3.47. The van der Waals surface area contributed by atoms with E-state index in [1.807, 2.05) is 25.1 Å². The largest absolute Gasteiger partial charge is 0.398 e. The first-order valence-corrected chi connectivity index (χ1v) is 9.50. The molecule has 1 amide bonds. The van der Waals surface area contributed by atoms with Crippen LogP contribution in [0.25, 0.3) is 0 Å². The van der Waals surface area contributed by atoms with Crippen LogP contribution in [0.4, 0.5) is 5.69 Å². The van der Waals surface area contributed by atoms with E-state index in [1.54, 1.807) is 6.92 Å². The zero-order valence-electron chi connectivity index (χ0n) is 12.2. The molecule has 1 unspecified atom stereocenters. The summed E-state index contributed by atoms with van der Waals surface area (Å²) in [7, 11) is -3.02. The Hall–Kier alpha value is -1.21. The minimum absolute atomic E-state index is 0.0169. The van der Waals surface area contributed by atoms with Crippen LogP contribution in [0, 0.1) is 6.92 Å². The van der Waals surface area contributed by atoms with Crippen molar-refractivity contribution in [3.63, 3.8) is 0 Å². The third-order valence-corrected chi connectivity index (χ3v) is 6.46. The van der Waals surface area contributed by atoms with Gasteiger partial charge in [0, 0.05) is 10.6 Å². The number of aryl methyl sites for hydroxylation is 1. The summed E-state index contributed by atoms with van der Waals surface area (Å²) in [6.45, 7) is 3.74. The summed E-state index contributed by atoms with van der Waals surface area (Å²) >= 11 is 1.36. The van der Waals surface area contributed by atoms with Crippen LogP contribution in [0.1, 0.15) is 18.9 Å². The topological polar surface area (TPSA) is 89.3 Å². The van der Waals surface area contributed by atoms with Crippen molar-refractivity contribution >= 4 is 33.2 Å². The van der Waals surface area contributed by atoms with Crippen molar-refractivity contribution in [1.29, 1.82) is 0 Å². The van der Waals surface area contributed by atoms with Crippen LogP contribution in [-0.4, -0.2) is 37.1 Å². The predicted octanol–water partition coefficient (Wildman–Crippen LogP) is 1.36. The SMILES string of the molecule is Cc1ccc(SCC(=O)NC2(C)CCS(=O)(=O)C2)c(N)c1. The highest BCUT2D eigenvalue weighted by Gasteiger charge is 2.39. The highest BCUT2D eigenvalue weighted by atomic mass is 32.2. The lowest BCUT2D eigenvalue weighted by molar-refractivity contribution is -0.120. The second kappa shape index (κ2) is 5.88. The molecule has 3 N–H and O–H groups in total. The van der Waals surface area contributed by atoms with Crippen molar-refractivity contribution in [2.24, 2.45) is 0 Å². The monoisotopic (exact) mass is 328 g/mol. The molecule has 116 valence electrons. The Morgan fingerprint density at radius 3 is 2.76 bits per heavy atom. The first kappa shape index (κ1) is 16.2. The highest BCUT2D eigenvalue weighted by Crippen LogP contribution is 2.27. The Morgan fingerprint density at radius 1 is 1.48 bits per heavy atom. The van der Waals surface area contributed by atoms with Gasteiger partial charge >= 0.3 is 0 Å². The second-order valence-corrected chi connectivity index (χ2v) is 8.98. The zero-order chi connectivity index (χ0) is 15.7. The molecule has 5 nitrogen and oxygen atoms in total. The normalized spacial score (nSPS) is 23.9. The fourth-order valence-electron chi connectivity index (χ4n) is 2.42. The number of amides is 1. The van der Waals surface area contributed by atoms with Crippen molar-refractivity contribution in [3.8, 4) is 0 Å². The number of nitrogen functional groups attached to an aromatic ring is 1. The maximum atomic E-state index is 12.0. The molecule has 0 bridgehead atoms. The molecule has 1 atom stereocenters. The molecule has 0 saturated carbocycles. The minimum atomic E-state index is -3.02. The number of nitrogens with one attached hydrogen (secondary N) is 1. The highest BCUT2D eigenvalue weighted by molar-refractivity contribution is 8.00. The molecular weight excluding hydrogens is 308 g/mol. The van der Waals surface area contributed by atoms with Crippen LogP contribution >= 0.6 is 11.8 Å². The van der Waals surface area contributed by atoms with Gasteiger partial charge in [-0.25, -0.2) is 8.42 Å². The van der Waals surface area contributed by atoms with Crippen molar-refractivity contribution in [2.75, 3.05) is 23.0 Å². The van der Waals surface area contributed by atoms with Gasteiger partial charge in [-0.05, 0) is 38.0 Å². The Balaban J connectivity index is 1.91. The van der Waals surface area contributed by atoms with Gasteiger partial charge in [-0.2, -0.15) is 0 Å². The van der Waals surface area contributed by atoms with E-state index in [2.05, 4.69) is 5.32 Å². The van der Waals surface area contributed by atoms with Crippen LogP contribution in [0.2, 0.25) is 0 Å². The van der Waals surface area contributed by atoms with Gasteiger partial charge in [-0.15, -0.1) is 11.8 Å². The van der Waals surface area contributed by atoms with Crippen LogP contribution in [0.15, 0.2) is 23.1 Å². The molecule has 0 radical (unpaired) electrons. The molecule has 2 rings (SSSR count). The van der Waals surface area contributed by atoms with E-state index < -0.39 is 15.4 Å². The fourth-order valence-corrected chi connectivity index (χ4v) is 5.27. The number of anilines is 1. The Morgan fingerprint density at radius 2 is 2.19 bits per heavy atom. The van der Waals surface area contributed by atoms with E-state index in [0.717, 1.165) is 10.5 Å². The van der Waals surface area contributed by atoms with Gasteiger partial charge in [0.15, 0.2) is 9.84 Å². The molecule has 1 aromatic carbocycles. The number of sulfone groups is 1. The number of hydrogen-bond donors (Lipinski definition) is 2. The van der Waals surface area contributed by atoms with Crippen molar-refractivity contribution in [3.05, 3.63) is 23.8 Å². The average molecular weight is 328 g/mol. The average Bonchev–Trinajstić information content (AvgIpc) is 2.62.